The smallest absolute Gasteiger partial charge is 0.246 e. The maximum absolute atomic E-state index is 12.9. The maximum atomic E-state index is 12.9. The van der Waals surface area contributed by atoms with Gasteiger partial charge in [-0.25, -0.2) is 8.42 Å². The highest BCUT2D eigenvalue weighted by Crippen LogP contribution is 2.25. The van der Waals surface area contributed by atoms with Crippen molar-refractivity contribution in [3.8, 4) is 5.75 Å². The number of hydrogen-bond donors (Lipinski definition) is 1. The Morgan fingerprint density at radius 2 is 1.76 bits per heavy atom. The fourth-order valence-corrected chi connectivity index (χ4v) is 4.91. The summed E-state index contributed by atoms with van der Waals surface area (Å²) in [6.07, 6.45) is 0. The molecule has 1 aliphatic rings. The van der Waals surface area contributed by atoms with E-state index in [2.05, 4.69) is 15.1 Å². The van der Waals surface area contributed by atoms with Crippen LogP contribution in [0.4, 0.5) is 5.69 Å². The number of rotatable bonds is 5. The van der Waals surface area contributed by atoms with Crippen LogP contribution in [-0.4, -0.2) is 55.7 Å². The number of ether oxygens (including phenoxy) is 1. The predicted molar refractivity (Wildman–Crippen MR) is 96.6 cm³/mol. The first kappa shape index (κ1) is 17.8. The number of hydrogen-bond acceptors (Lipinski definition) is 5. The van der Waals surface area contributed by atoms with Gasteiger partial charge in [-0.1, -0.05) is 0 Å². The molecule has 1 saturated heterocycles. The van der Waals surface area contributed by atoms with Gasteiger partial charge in [0.2, 0.25) is 10.0 Å². The first-order valence-electron chi connectivity index (χ1n) is 8.43. The van der Waals surface area contributed by atoms with Crippen molar-refractivity contribution in [3.05, 3.63) is 35.7 Å². The van der Waals surface area contributed by atoms with E-state index in [0.717, 1.165) is 11.4 Å². The molecule has 0 unspecified atom stereocenters. The molecule has 0 atom stereocenters. The molecule has 1 N–H and O–H groups in total. The van der Waals surface area contributed by atoms with E-state index in [1.165, 1.54) is 0 Å². The molecule has 0 bridgehead atoms. The fraction of sp³-hybridized carbons (Fsp3) is 0.471. The number of nitrogens with one attached hydrogen (secondary N) is 1. The molecule has 25 heavy (non-hydrogen) atoms. The molecule has 1 aliphatic heterocycles. The molecular weight excluding hydrogens is 340 g/mol. The van der Waals surface area contributed by atoms with E-state index in [-0.39, 0.29) is 0 Å². The van der Waals surface area contributed by atoms with Crippen molar-refractivity contribution in [1.29, 1.82) is 0 Å². The van der Waals surface area contributed by atoms with Gasteiger partial charge in [-0.3, -0.25) is 5.10 Å². The fourth-order valence-electron chi connectivity index (χ4n) is 3.16. The molecule has 1 fully saturated rings. The van der Waals surface area contributed by atoms with E-state index in [0.29, 0.717) is 49.1 Å². The third kappa shape index (κ3) is 3.50. The molecule has 1 aromatic carbocycles. The van der Waals surface area contributed by atoms with E-state index >= 15 is 0 Å². The molecule has 0 amide bonds. The molecule has 8 heteroatoms. The second-order valence-electron chi connectivity index (χ2n) is 6.08. The minimum Gasteiger partial charge on any atom is -0.494 e. The Bertz CT molecular complexity index is 803. The second kappa shape index (κ2) is 7.05. The average Bonchev–Trinajstić information content (AvgIpc) is 2.95. The van der Waals surface area contributed by atoms with Gasteiger partial charge in [0, 0.05) is 31.9 Å². The van der Waals surface area contributed by atoms with Gasteiger partial charge < -0.3 is 9.64 Å². The van der Waals surface area contributed by atoms with Crippen molar-refractivity contribution in [1.82, 2.24) is 14.5 Å². The van der Waals surface area contributed by atoms with E-state index in [9.17, 15) is 8.42 Å². The lowest BCUT2D eigenvalue weighted by molar-refractivity contribution is 0.340. The summed E-state index contributed by atoms with van der Waals surface area (Å²) in [5, 5.41) is 6.76. The summed E-state index contributed by atoms with van der Waals surface area (Å²) < 4.78 is 32.8. The number of anilines is 1. The van der Waals surface area contributed by atoms with E-state index < -0.39 is 10.0 Å². The van der Waals surface area contributed by atoms with Gasteiger partial charge in [0.15, 0.2) is 0 Å². The number of piperazine rings is 1. The molecule has 7 nitrogen and oxygen atoms in total. The highest BCUT2D eigenvalue weighted by Gasteiger charge is 2.32. The lowest BCUT2D eigenvalue weighted by Crippen LogP contribution is -2.48. The normalized spacial score (nSPS) is 16.2. The number of sulfonamides is 1. The summed E-state index contributed by atoms with van der Waals surface area (Å²) >= 11 is 0. The van der Waals surface area contributed by atoms with Gasteiger partial charge in [0.1, 0.15) is 10.6 Å². The zero-order valence-electron chi connectivity index (χ0n) is 14.8. The van der Waals surface area contributed by atoms with Crippen molar-refractivity contribution in [2.75, 3.05) is 37.7 Å². The van der Waals surface area contributed by atoms with E-state index in [4.69, 9.17) is 4.74 Å². The minimum atomic E-state index is -3.51. The molecule has 0 spiro atoms. The molecule has 2 heterocycles. The van der Waals surface area contributed by atoms with Gasteiger partial charge >= 0.3 is 0 Å². The third-order valence-corrected chi connectivity index (χ3v) is 6.57. The molecule has 1 aromatic heterocycles. The lowest BCUT2D eigenvalue weighted by Gasteiger charge is -2.35. The second-order valence-corrected chi connectivity index (χ2v) is 7.96. The molecule has 3 rings (SSSR count). The number of aromatic amines is 1. The van der Waals surface area contributed by atoms with Gasteiger partial charge in [0.25, 0.3) is 0 Å². The molecule has 0 radical (unpaired) electrons. The highest BCUT2D eigenvalue weighted by molar-refractivity contribution is 7.89. The van der Waals surface area contributed by atoms with Crippen molar-refractivity contribution in [2.24, 2.45) is 0 Å². The molecule has 136 valence electrons. The Hall–Kier alpha value is -2.06. The molecule has 0 saturated carbocycles. The number of aryl methyl sites for hydroxylation is 2. The third-order valence-electron chi connectivity index (χ3n) is 4.41. The summed E-state index contributed by atoms with van der Waals surface area (Å²) in [4.78, 5) is 2.50. The molecule has 2 aromatic rings. The quantitative estimate of drug-likeness (QED) is 0.877. The number of aromatic nitrogens is 2. The molecular formula is C17H24N4O3S. The van der Waals surface area contributed by atoms with Crippen LogP contribution in [0.1, 0.15) is 18.3 Å². The summed E-state index contributed by atoms with van der Waals surface area (Å²) in [7, 11) is -3.51. The Morgan fingerprint density at radius 1 is 1.12 bits per heavy atom. The lowest BCUT2D eigenvalue weighted by atomic mass is 10.2. The largest absolute Gasteiger partial charge is 0.494 e. The van der Waals surface area contributed by atoms with Gasteiger partial charge in [-0.15, -0.1) is 0 Å². The van der Waals surface area contributed by atoms with Crippen molar-refractivity contribution in [3.63, 3.8) is 0 Å². The minimum absolute atomic E-state index is 0.307. The summed E-state index contributed by atoms with van der Waals surface area (Å²) in [6, 6.07) is 7.92. The van der Waals surface area contributed by atoms with Crippen LogP contribution in [-0.2, 0) is 10.0 Å². The topological polar surface area (TPSA) is 78.5 Å². The van der Waals surface area contributed by atoms with Crippen LogP contribution in [0.3, 0.4) is 0 Å². The van der Waals surface area contributed by atoms with Crippen LogP contribution < -0.4 is 9.64 Å². The van der Waals surface area contributed by atoms with Crippen LogP contribution in [0.15, 0.2) is 29.2 Å². The van der Waals surface area contributed by atoms with Crippen LogP contribution in [0, 0.1) is 13.8 Å². The zero-order valence-corrected chi connectivity index (χ0v) is 15.6. The van der Waals surface area contributed by atoms with Crippen molar-refractivity contribution in [2.45, 2.75) is 25.7 Å². The van der Waals surface area contributed by atoms with Crippen molar-refractivity contribution >= 4 is 15.7 Å². The summed E-state index contributed by atoms with van der Waals surface area (Å²) in [5.74, 6) is 0.846. The van der Waals surface area contributed by atoms with Crippen LogP contribution >= 0.6 is 0 Å². The Labute approximate surface area is 148 Å². The predicted octanol–water partition coefficient (Wildman–Crippen LogP) is 1.94. The number of benzene rings is 1. The maximum Gasteiger partial charge on any atom is 0.246 e. The SMILES string of the molecule is CCOc1ccc(N2CCN(S(=O)(=O)c3c(C)n[nH]c3C)CC2)cc1. The standard InChI is InChI=1S/C17H24N4O3S/c1-4-24-16-7-5-15(6-8-16)20-9-11-21(12-10-20)25(22,23)17-13(2)18-19-14(17)3/h5-8H,4,9-12H2,1-3H3,(H,18,19). The number of nitrogens with zero attached hydrogens (tertiary/aromatic N) is 3. The van der Waals surface area contributed by atoms with Crippen LogP contribution in [0.2, 0.25) is 0 Å². The summed E-state index contributed by atoms with van der Waals surface area (Å²) in [5.41, 5.74) is 2.19. The average molecular weight is 364 g/mol. The van der Waals surface area contributed by atoms with Gasteiger partial charge in [-0.05, 0) is 45.0 Å². The Morgan fingerprint density at radius 3 is 2.28 bits per heavy atom. The van der Waals surface area contributed by atoms with Gasteiger partial charge in [0.05, 0.1) is 18.0 Å². The Kier molecular flexibility index (Phi) is 5.01. The zero-order chi connectivity index (χ0) is 18.0. The van der Waals surface area contributed by atoms with E-state index in [1.54, 1.807) is 18.2 Å². The van der Waals surface area contributed by atoms with E-state index in [1.807, 2.05) is 31.2 Å². The highest BCUT2D eigenvalue weighted by atomic mass is 32.2. The first-order valence-corrected chi connectivity index (χ1v) is 9.87. The molecule has 0 aliphatic carbocycles. The van der Waals surface area contributed by atoms with Crippen LogP contribution in [0.25, 0.3) is 0 Å². The van der Waals surface area contributed by atoms with Gasteiger partial charge in [-0.2, -0.15) is 9.40 Å². The first-order chi connectivity index (χ1) is 11.9. The van der Waals surface area contributed by atoms with Crippen LogP contribution in [0.5, 0.6) is 5.75 Å². The monoisotopic (exact) mass is 364 g/mol. The number of H-pyrrole nitrogens is 1. The summed E-state index contributed by atoms with van der Waals surface area (Å²) in [6.45, 7) is 8.28. The Balaban J connectivity index is 1.69. The van der Waals surface area contributed by atoms with Crippen molar-refractivity contribution < 1.29 is 13.2 Å².